The lowest BCUT2D eigenvalue weighted by molar-refractivity contribution is -0.131. The SMILES string of the molecule is CN(Cc1ccccc1Br)C(=O)CCC1CCCCO1. The van der Waals surface area contributed by atoms with Crippen LogP contribution in [0.5, 0.6) is 0 Å². The van der Waals surface area contributed by atoms with Crippen molar-refractivity contribution in [3.8, 4) is 0 Å². The number of hydrogen-bond acceptors (Lipinski definition) is 2. The minimum absolute atomic E-state index is 0.190. The third-order valence-electron chi connectivity index (χ3n) is 3.75. The van der Waals surface area contributed by atoms with Gasteiger partial charge in [0, 0.05) is 31.1 Å². The largest absolute Gasteiger partial charge is 0.378 e. The predicted molar refractivity (Wildman–Crippen MR) is 83.4 cm³/mol. The van der Waals surface area contributed by atoms with Crippen molar-refractivity contribution >= 4 is 21.8 Å². The molecule has 0 saturated carbocycles. The summed E-state index contributed by atoms with van der Waals surface area (Å²) in [5, 5.41) is 0. The maximum atomic E-state index is 12.2. The molecule has 1 heterocycles. The summed E-state index contributed by atoms with van der Waals surface area (Å²) in [7, 11) is 1.86. The Kier molecular flexibility index (Phi) is 6.05. The quantitative estimate of drug-likeness (QED) is 0.817. The maximum Gasteiger partial charge on any atom is 0.222 e. The molecule has 0 N–H and O–H groups in total. The highest BCUT2D eigenvalue weighted by Crippen LogP contribution is 2.19. The van der Waals surface area contributed by atoms with E-state index in [2.05, 4.69) is 15.9 Å². The summed E-state index contributed by atoms with van der Waals surface area (Å²) in [4.78, 5) is 14.0. The monoisotopic (exact) mass is 339 g/mol. The fourth-order valence-corrected chi connectivity index (χ4v) is 2.89. The van der Waals surface area contributed by atoms with Gasteiger partial charge in [-0.3, -0.25) is 4.79 Å². The molecule has 1 aromatic carbocycles. The molecular formula is C16H22BrNO2. The van der Waals surface area contributed by atoms with E-state index >= 15 is 0 Å². The molecule has 1 aliphatic rings. The van der Waals surface area contributed by atoms with Crippen molar-refractivity contribution < 1.29 is 9.53 Å². The van der Waals surface area contributed by atoms with Gasteiger partial charge in [-0.05, 0) is 37.3 Å². The number of carbonyl (C=O) groups excluding carboxylic acids is 1. The van der Waals surface area contributed by atoms with E-state index in [4.69, 9.17) is 4.74 Å². The molecule has 4 heteroatoms. The van der Waals surface area contributed by atoms with Crippen LogP contribution in [0, 0.1) is 0 Å². The first kappa shape index (κ1) is 15.5. The van der Waals surface area contributed by atoms with Crippen molar-refractivity contribution in [2.24, 2.45) is 0 Å². The molecule has 2 rings (SSSR count). The summed E-state index contributed by atoms with van der Waals surface area (Å²) in [5.74, 6) is 0.190. The second kappa shape index (κ2) is 7.79. The molecule has 0 radical (unpaired) electrons. The first-order chi connectivity index (χ1) is 9.66. The summed E-state index contributed by atoms with van der Waals surface area (Å²) in [6.07, 6.45) is 5.19. The van der Waals surface area contributed by atoms with Gasteiger partial charge < -0.3 is 9.64 Å². The summed E-state index contributed by atoms with van der Waals surface area (Å²) in [6.45, 7) is 1.50. The van der Waals surface area contributed by atoms with Gasteiger partial charge in [0.1, 0.15) is 0 Å². The van der Waals surface area contributed by atoms with Gasteiger partial charge in [0.15, 0.2) is 0 Å². The number of rotatable bonds is 5. The van der Waals surface area contributed by atoms with E-state index in [0.717, 1.165) is 35.9 Å². The Labute approximate surface area is 129 Å². The van der Waals surface area contributed by atoms with Crippen molar-refractivity contribution in [1.82, 2.24) is 4.90 Å². The van der Waals surface area contributed by atoms with Crippen LogP contribution in [0.3, 0.4) is 0 Å². The van der Waals surface area contributed by atoms with Crippen LogP contribution >= 0.6 is 15.9 Å². The van der Waals surface area contributed by atoms with E-state index in [1.54, 1.807) is 4.90 Å². The minimum atomic E-state index is 0.190. The van der Waals surface area contributed by atoms with Gasteiger partial charge in [-0.2, -0.15) is 0 Å². The van der Waals surface area contributed by atoms with Crippen LogP contribution in [0.2, 0.25) is 0 Å². The average molecular weight is 340 g/mol. The Morgan fingerprint density at radius 3 is 2.90 bits per heavy atom. The molecule has 1 aromatic rings. The van der Waals surface area contributed by atoms with Gasteiger partial charge in [0.2, 0.25) is 5.91 Å². The third-order valence-corrected chi connectivity index (χ3v) is 4.52. The number of amides is 1. The smallest absolute Gasteiger partial charge is 0.222 e. The number of nitrogens with zero attached hydrogens (tertiary/aromatic N) is 1. The van der Waals surface area contributed by atoms with Gasteiger partial charge in [0.25, 0.3) is 0 Å². The summed E-state index contributed by atoms with van der Waals surface area (Å²) < 4.78 is 6.72. The van der Waals surface area contributed by atoms with E-state index < -0.39 is 0 Å². The zero-order valence-corrected chi connectivity index (χ0v) is 13.6. The van der Waals surface area contributed by atoms with E-state index in [1.807, 2.05) is 31.3 Å². The Morgan fingerprint density at radius 1 is 1.40 bits per heavy atom. The molecule has 0 aliphatic carbocycles. The van der Waals surface area contributed by atoms with E-state index in [-0.39, 0.29) is 12.0 Å². The lowest BCUT2D eigenvalue weighted by Gasteiger charge is -2.24. The molecule has 1 saturated heterocycles. The van der Waals surface area contributed by atoms with Crippen LogP contribution in [-0.2, 0) is 16.1 Å². The molecule has 1 aliphatic heterocycles. The number of hydrogen-bond donors (Lipinski definition) is 0. The first-order valence-electron chi connectivity index (χ1n) is 7.26. The fraction of sp³-hybridized carbons (Fsp3) is 0.562. The highest BCUT2D eigenvalue weighted by atomic mass is 79.9. The van der Waals surface area contributed by atoms with Crippen molar-refractivity contribution in [3.05, 3.63) is 34.3 Å². The van der Waals surface area contributed by atoms with Crippen LogP contribution in [0.1, 0.15) is 37.7 Å². The molecule has 0 spiro atoms. The molecular weight excluding hydrogens is 318 g/mol. The second-order valence-electron chi connectivity index (χ2n) is 5.37. The molecule has 110 valence electrons. The summed E-state index contributed by atoms with van der Waals surface area (Å²) in [6, 6.07) is 8.02. The Balaban J connectivity index is 1.78. The lowest BCUT2D eigenvalue weighted by atomic mass is 10.0. The van der Waals surface area contributed by atoms with Gasteiger partial charge >= 0.3 is 0 Å². The molecule has 3 nitrogen and oxygen atoms in total. The lowest BCUT2D eigenvalue weighted by Crippen LogP contribution is -2.28. The molecule has 20 heavy (non-hydrogen) atoms. The van der Waals surface area contributed by atoms with Crippen LogP contribution < -0.4 is 0 Å². The fourth-order valence-electron chi connectivity index (χ4n) is 2.48. The number of benzene rings is 1. The van der Waals surface area contributed by atoms with E-state index in [1.165, 1.54) is 6.42 Å². The maximum absolute atomic E-state index is 12.2. The zero-order chi connectivity index (χ0) is 14.4. The highest BCUT2D eigenvalue weighted by molar-refractivity contribution is 9.10. The molecule has 0 aromatic heterocycles. The molecule has 1 unspecified atom stereocenters. The summed E-state index contributed by atoms with van der Waals surface area (Å²) >= 11 is 3.52. The normalized spacial score (nSPS) is 18.8. The van der Waals surface area contributed by atoms with Gasteiger partial charge in [-0.25, -0.2) is 0 Å². The molecule has 0 bridgehead atoms. The number of carbonyl (C=O) groups is 1. The standard InChI is InChI=1S/C16H22BrNO2/c1-18(12-13-6-2-3-8-15(13)17)16(19)10-9-14-7-4-5-11-20-14/h2-3,6,8,14H,4-5,7,9-12H2,1H3. The third kappa shape index (κ3) is 4.60. The van der Waals surface area contributed by atoms with Gasteiger partial charge in [0.05, 0.1) is 6.10 Å². The molecule has 1 fully saturated rings. The second-order valence-corrected chi connectivity index (χ2v) is 6.22. The van der Waals surface area contributed by atoms with Crippen molar-refractivity contribution in [1.29, 1.82) is 0 Å². The van der Waals surface area contributed by atoms with Crippen molar-refractivity contribution in [2.75, 3.05) is 13.7 Å². The number of ether oxygens (including phenoxy) is 1. The first-order valence-corrected chi connectivity index (χ1v) is 8.05. The predicted octanol–water partition coefficient (Wildman–Crippen LogP) is 3.76. The highest BCUT2D eigenvalue weighted by Gasteiger charge is 2.17. The van der Waals surface area contributed by atoms with Crippen LogP contribution in [0.15, 0.2) is 28.7 Å². The van der Waals surface area contributed by atoms with E-state index in [0.29, 0.717) is 13.0 Å². The topological polar surface area (TPSA) is 29.5 Å². The Morgan fingerprint density at radius 2 is 2.20 bits per heavy atom. The van der Waals surface area contributed by atoms with Crippen LogP contribution in [0.4, 0.5) is 0 Å². The zero-order valence-electron chi connectivity index (χ0n) is 12.0. The van der Waals surface area contributed by atoms with E-state index in [9.17, 15) is 4.79 Å². The Bertz CT molecular complexity index is 444. The minimum Gasteiger partial charge on any atom is -0.378 e. The molecule has 1 atom stereocenters. The average Bonchev–Trinajstić information content (AvgIpc) is 2.48. The van der Waals surface area contributed by atoms with Gasteiger partial charge in [-0.1, -0.05) is 34.1 Å². The van der Waals surface area contributed by atoms with Crippen molar-refractivity contribution in [2.45, 2.75) is 44.8 Å². The summed E-state index contributed by atoms with van der Waals surface area (Å²) in [5.41, 5.74) is 1.14. The van der Waals surface area contributed by atoms with Crippen LogP contribution in [0.25, 0.3) is 0 Å². The number of halogens is 1. The molecule has 1 amide bonds. The van der Waals surface area contributed by atoms with Crippen LogP contribution in [-0.4, -0.2) is 30.6 Å². The van der Waals surface area contributed by atoms with Crippen molar-refractivity contribution in [3.63, 3.8) is 0 Å². The van der Waals surface area contributed by atoms with Gasteiger partial charge in [-0.15, -0.1) is 0 Å². The Hall–Kier alpha value is -0.870.